The molecule has 0 aliphatic rings. The summed E-state index contributed by atoms with van der Waals surface area (Å²) >= 11 is 0. The number of carbonyl (C=O) groups excluding carboxylic acids is 1. The normalized spacial score (nSPS) is 10.4. The van der Waals surface area contributed by atoms with Crippen LogP contribution in [0.3, 0.4) is 0 Å². The number of phenols is 4. The van der Waals surface area contributed by atoms with E-state index in [1.807, 2.05) is 0 Å². The number of carbonyl (C=O) groups is 1. The molecule has 0 bridgehead atoms. The zero-order chi connectivity index (χ0) is 16.3. The lowest BCUT2D eigenvalue weighted by Gasteiger charge is -2.09. The van der Waals surface area contributed by atoms with Gasteiger partial charge < -0.3 is 25.2 Å². The Labute approximate surface area is 126 Å². The van der Waals surface area contributed by atoms with Gasteiger partial charge >= 0.3 is 0 Å². The van der Waals surface area contributed by atoms with E-state index in [0.717, 1.165) is 0 Å². The van der Waals surface area contributed by atoms with Crippen LogP contribution in [-0.4, -0.2) is 33.3 Å². The minimum Gasteiger partial charge on any atom is -0.507 e. The van der Waals surface area contributed by atoms with E-state index >= 15 is 0 Å². The lowest BCUT2D eigenvalue weighted by atomic mass is 10.0. The second-order valence-corrected chi connectivity index (χ2v) is 4.79. The van der Waals surface area contributed by atoms with Gasteiger partial charge in [0.25, 0.3) is 0 Å². The monoisotopic (exact) mass is 304 g/mol. The maximum absolute atomic E-state index is 12.1. The number of rotatable bonds is 5. The summed E-state index contributed by atoms with van der Waals surface area (Å²) in [7, 11) is 1.38. The molecule has 2 rings (SSSR count). The highest BCUT2D eigenvalue weighted by Gasteiger charge is 2.18. The smallest absolute Gasteiger partial charge is 0.170 e. The topological polar surface area (TPSA) is 107 Å². The molecular weight excluding hydrogens is 288 g/mol. The van der Waals surface area contributed by atoms with Crippen molar-refractivity contribution < 1.29 is 30.0 Å². The highest BCUT2D eigenvalue weighted by atomic mass is 16.5. The first-order valence-corrected chi connectivity index (χ1v) is 6.56. The summed E-state index contributed by atoms with van der Waals surface area (Å²) in [5.41, 5.74) is 0.486. The Bertz CT molecular complexity index is 685. The third-order valence-electron chi connectivity index (χ3n) is 3.27. The van der Waals surface area contributed by atoms with Crippen molar-refractivity contribution in [2.24, 2.45) is 0 Å². The minimum atomic E-state index is -0.440. The molecule has 0 unspecified atom stereocenters. The molecule has 0 fully saturated rings. The number of ketones is 1. The molecule has 0 saturated heterocycles. The van der Waals surface area contributed by atoms with Gasteiger partial charge in [-0.1, -0.05) is 6.07 Å². The molecule has 0 aliphatic carbocycles. The van der Waals surface area contributed by atoms with E-state index in [1.165, 1.54) is 31.4 Å². The van der Waals surface area contributed by atoms with Crippen molar-refractivity contribution in [2.75, 3.05) is 7.11 Å². The third kappa shape index (κ3) is 3.22. The predicted octanol–water partition coefficient (Wildman–Crippen LogP) is 2.33. The molecule has 0 aliphatic heterocycles. The van der Waals surface area contributed by atoms with Gasteiger partial charge in [0.1, 0.15) is 22.8 Å². The second kappa shape index (κ2) is 6.26. The molecule has 2 aromatic carbocycles. The van der Waals surface area contributed by atoms with Crippen molar-refractivity contribution in [3.05, 3.63) is 41.5 Å². The minimum absolute atomic E-state index is 0.0255. The van der Waals surface area contributed by atoms with Crippen molar-refractivity contribution in [3.8, 4) is 28.7 Å². The molecule has 0 amide bonds. The molecule has 6 nitrogen and oxygen atoms in total. The average molecular weight is 304 g/mol. The Balaban J connectivity index is 2.14. The van der Waals surface area contributed by atoms with Crippen molar-refractivity contribution in [3.63, 3.8) is 0 Å². The lowest BCUT2D eigenvalue weighted by molar-refractivity contribution is 0.0977. The maximum atomic E-state index is 12.1. The van der Waals surface area contributed by atoms with E-state index in [2.05, 4.69) is 0 Å². The summed E-state index contributed by atoms with van der Waals surface area (Å²) in [5.74, 6) is -1.40. The van der Waals surface area contributed by atoms with Crippen molar-refractivity contribution >= 4 is 5.78 Å². The van der Waals surface area contributed by atoms with Gasteiger partial charge in [0, 0.05) is 18.6 Å². The molecular formula is C16H16O6. The van der Waals surface area contributed by atoms with Gasteiger partial charge in [0.2, 0.25) is 0 Å². The van der Waals surface area contributed by atoms with Gasteiger partial charge in [0.05, 0.1) is 7.11 Å². The number of hydrogen-bond acceptors (Lipinski definition) is 6. The first kappa shape index (κ1) is 15.5. The SMILES string of the molecule is COc1cc(O)c(C(=O)CCc2ccc(O)c(O)c2)c(O)c1. The molecule has 0 radical (unpaired) electrons. The Morgan fingerprint density at radius 1 is 0.955 bits per heavy atom. The van der Waals surface area contributed by atoms with Crippen LogP contribution >= 0.6 is 0 Å². The molecule has 2 aromatic rings. The van der Waals surface area contributed by atoms with Crippen LogP contribution in [-0.2, 0) is 6.42 Å². The molecule has 4 N–H and O–H groups in total. The summed E-state index contributed by atoms with van der Waals surface area (Å²) in [6, 6.07) is 6.77. The fourth-order valence-corrected chi connectivity index (χ4v) is 2.10. The first-order valence-electron chi connectivity index (χ1n) is 6.56. The zero-order valence-electron chi connectivity index (χ0n) is 11.9. The van der Waals surface area contributed by atoms with E-state index in [1.54, 1.807) is 6.07 Å². The number of aryl methyl sites for hydroxylation is 1. The molecule has 0 atom stereocenters. The summed E-state index contributed by atoms with van der Waals surface area (Å²) in [4.78, 5) is 12.1. The fourth-order valence-electron chi connectivity index (χ4n) is 2.10. The number of Topliss-reactive ketones (excluding diaryl/α,β-unsaturated/α-hetero) is 1. The number of aromatic hydroxyl groups is 4. The van der Waals surface area contributed by atoms with Gasteiger partial charge in [-0.15, -0.1) is 0 Å². The maximum Gasteiger partial charge on any atom is 0.170 e. The van der Waals surface area contributed by atoms with E-state index in [4.69, 9.17) is 4.74 Å². The quantitative estimate of drug-likeness (QED) is 0.499. The summed E-state index contributed by atoms with van der Waals surface area (Å²) < 4.78 is 4.88. The number of methoxy groups -OCH3 is 1. The average Bonchev–Trinajstić information content (AvgIpc) is 2.47. The van der Waals surface area contributed by atoms with Crippen LogP contribution < -0.4 is 4.74 Å². The first-order chi connectivity index (χ1) is 10.4. The second-order valence-electron chi connectivity index (χ2n) is 4.79. The molecule has 116 valence electrons. The number of ether oxygens (including phenoxy) is 1. The highest BCUT2D eigenvalue weighted by Crippen LogP contribution is 2.33. The standard InChI is InChI=1S/C16H16O6/c1-22-10-7-14(20)16(15(21)8-10)12(18)5-3-9-2-4-11(17)13(19)6-9/h2,4,6-8,17,19-21H,3,5H2,1H3. The molecule has 0 heterocycles. The number of benzene rings is 2. The van der Waals surface area contributed by atoms with Crippen LogP contribution in [0.25, 0.3) is 0 Å². The molecule has 0 saturated carbocycles. The van der Waals surface area contributed by atoms with Crippen LogP contribution in [0, 0.1) is 0 Å². The molecule has 22 heavy (non-hydrogen) atoms. The van der Waals surface area contributed by atoms with Gasteiger partial charge in [0.15, 0.2) is 17.3 Å². The Morgan fingerprint density at radius 3 is 2.14 bits per heavy atom. The van der Waals surface area contributed by atoms with Gasteiger partial charge in [-0.05, 0) is 24.1 Å². The van der Waals surface area contributed by atoms with Crippen LogP contribution in [0.4, 0.5) is 0 Å². The highest BCUT2D eigenvalue weighted by molar-refractivity contribution is 6.01. The Morgan fingerprint density at radius 2 is 1.59 bits per heavy atom. The number of phenolic OH excluding ortho intramolecular Hbond substituents is 4. The Hall–Kier alpha value is -2.89. The van der Waals surface area contributed by atoms with E-state index in [9.17, 15) is 25.2 Å². The summed E-state index contributed by atoms with van der Waals surface area (Å²) in [6.45, 7) is 0. The molecule has 0 spiro atoms. The van der Waals surface area contributed by atoms with Gasteiger partial charge in [-0.25, -0.2) is 0 Å². The summed E-state index contributed by atoms with van der Waals surface area (Å²) in [6.07, 6.45) is 0.315. The van der Waals surface area contributed by atoms with Crippen molar-refractivity contribution in [2.45, 2.75) is 12.8 Å². The van der Waals surface area contributed by atoms with Crippen LogP contribution in [0.2, 0.25) is 0 Å². The number of hydrogen-bond donors (Lipinski definition) is 4. The fraction of sp³-hybridized carbons (Fsp3) is 0.188. The largest absolute Gasteiger partial charge is 0.507 e. The van der Waals surface area contributed by atoms with E-state index in [-0.39, 0.29) is 47.2 Å². The predicted molar refractivity (Wildman–Crippen MR) is 78.7 cm³/mol. The van der Waals surface area contributed by atoms with Gasteiger partial charge in [-0.2, -0.15) is 0 Å². The van der Waals surface area contributed by atoms with E-state index in [0.29, 0.717) is 5.56 Å². The van der Waals surface area contributed by atoms with Crippen molar-refractivity contribution in [1.82, 2.24) is 0 Å². The van der Waals surface area contributed by atoms with Crippen LogP contribution in [0.1, 0.15) is 22.3 Å². The molecule has 6 heteroatoms. The molecule has 0 aromatic heterocycles. The third-order valence-corrected chi connectivity index (χ3v) is 3.27. The van der Waals surface area contributed by atoms with Crippen molar-refractivity contribution in [1.29, 1.82) is 0 Å². The summed E-state index contributed by atoms with van der Waals surface area (Å²) in [5, 5.41) is 38.3. The van der Waals surface area contributed by atoms with Gasteiger partial charge in [-0.3, -0.25) is 4.79 Å². The van der Waals surface area contributed by atoms with Crippen LogP contribution in [0.15, 0.2) is 30.3 Å². The zero-order valence-corrected chi connectivity index (χ0v) is 11.9. The van der Waals surface area contributed by atoms with Crippen LogP contribution in [0.5, 0.6) is 28.7 Å². The Kier molecular flexibility index (Phi) is 4.41. The van der Waals surface area contributed by atoms with E-state index < -0.39 is 5.78 Å². The lowest BCUT2D eigenvalue weighted by Crippen LogP contribution is -2.02.